The molecule has 0 spiro atoms. The molecule has 0 saturated carbocycles. The number of para-hydroxylation sites is 1. The summed E-state index contributed by atoms with van der Waals surface area (Å²) in [6.45, 7) is 3.54. The maximum absolute atomic E-state index is 12.1. The summed E-state index contributed by atoms with van der Waals surface area (Å²) >= 11 is 0. The number of aromatic nitrogens is 1. The second kappa shape index (κ2) is 4.23. The fraction of sp³-hybridized carbons (Fsp3) is 0. The first-order chi connectivity index (χ1) is 7.66. The molecule has 1 aromatic carbocycles. The molecule has 0 fully saturated rings. The van der Waals surface area contributed by atoms with Crippen molar-refractivity contribution in [1.82, 2.24) is 4.98 Å². The molecule has 0 atom stereocenters. The third-order valence-corrected chi connectivity index (χ3v) is 2.14. The van der Waals surface area contributed by atoms with Gasteiger partial charge in [0.15, 0.2) is 0 Å². The fourth-order valence-electron chi connectivity index (χ4n) is 1.38. The van der Waals surface area contributed by atoms with Crippen LogP contribution < -0.4 is 0 Å². The van der Waals surface area contributed by atoms with Crippen LogP contribution in [0.5, 0.6) is 0 Å². The number of pyridine rings is 1. The minimum absolute atomic E-state index is 0.207. The van der Waals surface area contributed by atoms with E-state index in [4.69, 9.17) is 0 Å². The predicted octanol–water partition coefficient (Wildman–Crippen LogP) is 3.83. The van der Waals surface area contributed by atoms with Gasteiger partial charge in [-0.25, -0.2) is 0 Å². The monoisotopic (exact) mass is 216 g/mol. The average Bonchev–Trinajstić information content (AvgIpc) is 2.27. The molecule has 0 unspecified atom stereocenters. The third-order valence-electron chi connectivity index (χ3n) is 2.14. The molecule has 0 N–H and O–H groups in total. The van der Waals surface area contributed by atoms with E-state index in [9.17, 15) is 8.78 Å². The van der Waals surface area contributed by atoms with E-state index in [-0.39, 0.29) is 5.57 Å². The zero-order valence-electron chi connectivity index (χ0n) is 8.37. The Morgan fingerprint density at radius 2 is 2.06 bits per heavy atom. The summed E-state index contributed by atoms with van der Waals surface area (Å²) in [6.07, 6.45) is 0.429. The summed E-state index contributed by atoms with van der Waals surface area (Å²) in [4.78, 5) is 4.14. The van der Waals surface area contributed by atoms with Gasteiger partial charge in [-0.2, -0.15) is 8.78 Å². The molecule has 16 heavy (non-hydrogen) atoms. The van der Waals surface area contributed by atoms with E-state index in [2.05, 4.69) is 17.6 Å². The molecule has 0 aliphatic rings. The molecular weight excluding hydrogens is 208 g/mol. The van der Waals surface area contributed by atoms with Crippen LogP contribution in [-0.4, -0.2) is 4.98 Å². The summed E-state index contributed by atoms with van der Waals surface area (Å²) in [5.41, 5.74) is 1.47. The van der Waals surface area contributed by atoms with Gasteiger partial charge in [-0.3, -0.25) is 4.98 Å². The standard InChI is InChI=1S/C13H8F2N/c1-9(6-13(14)15)11-7-10-4-2-3-5-12(10)16-8-11/h2-6,8H,1H2. The van der Waals surface area contributed by atoms with E-state index in [1.807, 2.05) is 24.3 Å². The number of hydrogen-bond acceptors (Lipinski definition) is 1. The lowest BCUT2D eigenvalue weighted by Gasteiger charge is -2.01. The highest BCUT2D eigenvalue weighted by Gasteiger charge is 2.01. The van der Waals surface area contributed by atoms with E-state index in [0.717, 1.165) is 10.9 Å². The minimum Gasteiger partial charge on any atom is -0.256 e. The molecule has 0 amide bonds. The molecule has 2 aromatic rings. The van der Waals surface area contributed by atoms with E-state index in [1.54, 1.807) is 0 Å². The number of halogens is 2. The average molecular weight is 216 g/mol. The Balaban J connectivity index is 2.47. The smallest absolute Gasteiger partial charge is 0.256 e. The van der Waals surface area contributed by atoms with Crippen LogP contribution in [0.3, 0.4) is 0 Å². The second-order valence-corrected chi connectivity index (χ2v) is 3.27. The number of hydrogen-bond donors (Lipinski definition) is 0. The molecule has 0 saturated heterocycles. The summed E-state index contributed by atoms with van der Waals surface area (Å²) in [7, 11) is 0. The van der Waals surface area contributed by atoms with Crippen LogP contribution in [0.4, 0.5) is 8.78 Å². The van der Waals surface area contributed by atoms with Crippen molar-refractivity contribution in [2.24, 2.45) is 0 Å². The zero-order valence-corrected chi connectivity index (χ0v) is 8.37. The molecule has 0 aliphatic heterocycles. The molecule has 3 heteroatoms. The van der Waals surface area contributed by atoms with Crippen LogP contribution in [0.1, 0.15) is 5.56 Å². The molecule has 1 heterocycles. The van der Waals surface area contributed by atoms with Crippen molar-refractivity contribution in [3.63, 3.8) is 0 Å². The lowest BCUT2D eigenvalue weighted by Crippen LogP contribution is -1.85. The van der Waals surface area contributed by atoms with E-state index < -0.39 is 6.08 Å². The van der Waals surface area contributed by atoms with Gasteiger partial charge in [0.1, 0.15) is 0 Å². The van der Waals surface area contributed by atoms with E-state index >= 15 is 0 Å². The Hall–Kier alpha value is -2.03. The largest absolute Gasteiger partial charge is 0.270 e. The van der Waals surface area contributed by atoms with Crippen LogP contribution in [0.2, 0.25) is 0 Å². The first kappa shape index (κ1) is 10.5. The summed E-state index contributed by atoms with van der Waals surface area (Å²) in [5.74, 6) is 0. The number of allylic oxidation sites excluding steroid dienone is 2. The number of nitrogens with zero attached hydrogens (tertiary/aromatic N) is 1. The van der Waals surface area contributed by atoms with Gasteiger partial charge >= 0.3 is 0 Å². The molecule has 0 aliphatic carbocycles. The third kappa shape index (κ3) is 2.14. The van der Waals surface area contributed by atoms with Gasteiger partial charge in [0.05, 0.1) is 5.52 Å². The van der Waals surface area contributed by atoms with Crippen molar-refractivity contribution in [2.75, 3.05) is 0 Å². The van der Waals surface area contributed by atoms with Gasteiger partial charge in [-0.05, 0) is 11.6 Å². The summed E-state index contributed by atoms with van der Waals surface area (Å²) in [5, 5.41) is 0.786. The van der Waals surface area contributed by atoms with E-state index in [1.165, 1.54) is 6.20 Å². The van der Waals surface area contributed by atoms with Crippen LogP contribution >= 0.6 is 0 Å². The molecule has 1 nitrogen and oxygen atoms in total. The molecular formula is C13H8F2N. The van der Waals surface area contributed by atoms with Crippen LogP contribution in [-0.2, 0) is 0 Å². The lowest BCUT2D eigenvalue weighted by atomic mass is 10.1. The molecule has 2 rings (SSSR count). The van der Waals surface area contributed by atoms with Crippen LogP contribution in [0.25, 0.3) is 16.5 Å². The number of rotatable bonds is 2. The van der Waals surface area contributed by atoms with Crippen LogP contribution in [0.15, 0.2) is 49.2 Å². The maximum Gasteiger partial charge on any atom is 0.270 e. The second-order valence-electron chi connectivity index (χ2n) is 3.27. The maximum atomic E-state index is 12.1. The number of benzene rings is 1. The fourth-order valence-corrected chi connectivity index (χ4v) is 1.38. The van der Waals surface area contributed by atoms with Gasteiger partial charge in [-0.15, -0.1) is 0 Å². The van der Waals surface area contributed by atoms with E-state index in [0.29, 0.717) is 11.6 Å². The van der Waals surface area contributed by atoms with Gasteiger partial charge in [0.2, 0.25) is 0 Å². The Bertz CT molecular complexity index is 569. The Morgan fingerprint density at radius 3 is 2.81 bits per heavy atom. The normalized spacial score (nSPS) is 10.1. The van der Waals surface area contributed by atoms with Crippen molar-refractivity contribution in [1.29, 1.82) is 0 Å². The first-order valence-electron chi connectivity index (χ1n) is 4.66. The number of fused-ring (bicyclic) bond motifs is 1. The van der Waals surface area contributed by atoms with Crippen molar-refractivity contribution in [2.45, 2.75) is 0 Å². The van der Waals surface area contributed by atoms with Crippen LogP contribution in [0, 0.1) is 6.07 Å². The Labute approximate surface area is 91.7 Å². The summed E-state index contributed by atoms with van der Waals surface area (Å²) < 4.78 is 24.1. The molecule has 0 bridgehead atoms. The Morgan fingerprint density at radius 1 is 1.31 bits per heavy atom. The quantitative estimate of drug-likeness (QED) is 0.695. The summed E-state index contributed by atoms with van der Waals surface area (Å²) in [6, 6.07) is 10.4. The lowest BCUT2D eigenvalue weighted by molar-refractivity contribution is 0.422. The first-order valence-corrected chi connectivity index (χ1v) is 4.66. The SMILES string of the molecule is C=C(C=C(F)F)c1[c]c2ccccc2nc1. The van der Waals surface area contributed by atoms with Crippen molar-refractivity contribution >= 4 is 16.5 Å². The minimum atomic E-state index is -1.77. The predicted molar refractivity (Wildman–Crippen MR) is 59.9 cm³/mol. The topological polar surface area (TPSA) is 12.9 Å². The van der Waals surface area contributed by atoms with Crippen molar-refractivity contribution in [3.05, 3.63) is 60.8 Å². The van der Waals surface area contributed by atoms with Gasteiger partial charge in [0.25, 0.3) is 6.08 Å². The highest BCUT2D eigenvalue weighted by molar-refractivity contribution is 5.83. The van der Waals surface area contributed by atoms with Gasteiger partial charge < -0.3 is 0 Å². The van der Waals surface area contributed by atoms with Crippen molar-refractivity contribution in [3.8, 4) is 0 Å². The highest BCUT2D eigenvalue weighted by Crippen LogP contribution is 2.19. The zero-order chi connectivity index (χ0) is 11.5. The van der Waals surface area contributed by atoms with Gasteiger partial charge in [-0.1, -0.05) is 24.8 Å². The molecule has 1 radical (unpaired) electrons. The van der Waals surface area contributed by atoms with Gasteiger partial charge in [0, 0.05) is 29.3 Å². The molecule has 79 valence electrons. The highest BCUT2D eigenvalue weighted by atomic mass is 19.3. The molecule has 1 aromatic heterocycles. The Kier molecular flexibility index (Phi) is 2.77. The van der Waals surface area contributed by atoms with Crippen molar-refractivity contribution < 1.29 is 8.78 Å².